The Morgan fingerprint density at radius 3 is 2.17 bits per heavy atom. The summed E-state index contributed by atoms with van der Waals surface area (Å²) in [5.41, 5.74) is 0. The van der Waals surface area contributed by atoms with Crippen LogP contribution in [-0.2, 0) is 14.3 Å². The standard InChI is InChI=1S/C19H35NO3/c1-3-5-6-7-8-9-10-11-12-15-18(21)20-16-13-14-17(20)19(22)23-4-2/h17H,3-16H2,1-2H3. The fourth-order valence-electron chi connectivity index (χ4n) is 3.28. The van der Waals surface area contributed by atoms with Crippen LogP contribution in [0.3, 0.4) is 0 Å². The Balaban J connectivity index is 2.10. The third-order valence-electron chi connectivity index (χ3n) is 4.63. The molecule has 134 valence electrons. The first kappa shape index (κ1) is 20.0. The van der Waals surface area contributed by atoms with Gasteiger partial charge in [0.15, 0.2) is 0 Å². The molecule has 1 aliphatic heterocycles. The Kier molecular flexibility index (Phi) is 10.8. The number of ether oxygens (including phenoxy) is 1. The largest absolute Gasteiger partial charge is 0.464 e. The molecule has 0 aromatic rings. The second-order valence-corrected chi connectivity index (χ2v) is 6.58. The SMILES string of the molecule is CCCCCCCCCCCC(=O)N1CCCC1C(=O)OCC. The minimum Gasteiger partial charge on any atom is -0.464 e. The first-order valence-corrected chi connectivity index (χ1v) is 9.66. The van der Waals surface area contributed by atoms with Gasteiger partial charge in [-0.15, -0.1) is 0 Å². The molecule has 1 fully saturated rings. The number of hydrogen-bond acceptors (Lipinski definition) is 3. The summed E-state index contributed by atoms with van der Waals surface area (Å²) in [5, 5.41) is 0. The Bertz CT molecular complexity index is 344. The number of carbonyl (C=O) groups excluding carboxylic acids is 2. The van der Waals surface area contributed by atoms with Crippen LogP contribution in [0.2, 0.25) is 0 Å². The molecule has 1 rings (SSSR count). The van der Waals surface area contributed by atoms with E-state index in [9.17, 15) is 9.59 Å². The summed E-state index contributed by atoms with van der Waals surface area (Å²) in [7, 11) is 0. The molecule has 0 aromatic carbocycles. The van der Waals surface area contributed by atoms with Gasteiger partial charge in [0.2, 0.25) is 5.91 Å². The Morgan fingerprint density at radius 2 is 1.57 bits per heavy atom. The van der Waals surface area contributed by atoms with Crippen LogP contribution in [0.15, 0.2) is 0 Å². The first-order valence-electron chi connectivity index (χ1n) is 9.66. The van der Waals surface area contributed by atoms with Gasteiger partial charge in [-0.2, -0.15) is 0 Å². The maximum Gasteiger partial charge on any atom is 0.328 e. The molecule has 0 bridgehead atoms. The number of unbranched alkanes of at least 4 members (excludes halogenated alkanes) is 8. The predicted molar refractivity (Wildman–Crippen MR) is 93.2 cm³/mol. The summed E-state index contributed by atoms with van der Waals surface area (Å²) >= 11 is 0. The molecular formula is C19H35NO3. The van der Waals surface area contributed by atoms with Crippen LogP contribution in [-0.4, -0.2) is 36.0 Å². The molecule has 0 saturated carbocycles. The fraction of sp³-hybridized carbons (Fsp3) is 0.895. The van der Waals surface area contributed by atoms with Crippen molar-refractivity contribution in [1.29, 1.82) is 0 Å². The average Bonchev–Trinajstić information content (AvgIpc) is 3.03. The van der Waals surface area contributed by atoms with Gasteiger partial charge in [-0.1, -0.05) is 58.3 Å². The lowest BCUT2D eigenvalue weighted by Crippen LogP contribution is -2.41. The number of carbonyl (C=O) groups is 2. The van der Waals surface area contributed by atoms with Crippen molar-refractivity contribution in [1.82, 2.24) is 4.90 Å². The van der Waals surface area contributed by atoms with E-state index >= 15 is 0 Å². The number of esters is 1. The van der Waals surface area contributed by atoms with Crippen molar-refractivity contribution in [3.8, 4) is 0 Å². The van der Waals surface area contributed by atoms with E-state index in [2.05, 4.69) is 6.92 Å². The molecule has 1 amide bonds. The molecule has 1 atom stereocenters. The Labute approximate surface area is 141 Å². The van der Waals surface area contributed by atoms with Crippen LogP contribution in [0.25, 0.3) is 0 Å². The minimum absolute atomic E-state index is 0.128. The third kappa shape index (κ3) is 7.85. The molecule has 4 heteroatoms. The van der Waals surface area contributed by atoms with Gasteiger partial charge in [0.05, 0.1) is 6.61 Å². The first-order chi connectivity index (χ1) is 11.2. The van der Waals surface area contributed by atoms with Crippen LogP contribution in [0.1, 0.15) is 90.9 Å². The average molecular weight is 325 g/mol. The minimum atomic E-state index is -0.332. The molecule has 23 heavy (non-hydrogen) atoms. The predicted octanol–water partition coefficient (Wildman–Crippen LogP) is 4.46. The van der Waals surface area contributed by atoms with Crippen LogP contribution >= 0.6 is 0 Å². The van der Waals surface area contributed by atoms with Crippen molar-refractivity contribution >= 4 is 11.9 Å². The highest BCUT2D eigenvalue weighted by atomic mass is 16.5. The molecule has 0 N–H and O–H groups in total. The smallest absolute Gasteiger partial charge is 0.328 e. The van der Waals surface area contributed by atoms with Crippen molar-refractivity contribution in [2.75, 3.05) is 13.2 Å². The summed E-state index contributed by atoms with van der Waals surface area (Å²) in [5.74, 6) is -0.103. The molecule has 1 aliphatic rings. The lowest BCUT2D eigenvalue weighted by molar-refractivity contribution is -0.153. The molecule has 0 radical (unpaired) electrons. The van der Waals surface area contributed by atoms with E-state index < -0.39 is 0 Å². The maximum atomic E-state index is 12.3. The fourth-order valence-corrected chi connectivity index (χ4v) is 3.28. The second kappa shape index (κ2) is 12.4. The highest BCUT2D eigenvalue weighted by molar-refractivity contribution is 5.85. The Hall–Kier alpha value is -1.06. The molecule has 4 nitrogen and oxygen atoms in total. The van der Waals surface area contributed by atoms with Crippen molar-refractivity contribution < 1.29 is 14.3 Å². The van der Waals surface area contributed by atoms with Gasteiger partial charge in [0.1, 0.15) is 6.04 Å². The van der Waals surface area contributed by atoms with Gasteiger partial charge < -0.3 is 9.64 Å². The van der Waals surface area contributed by atoms with Crippen LogP contribution in [0.4, 0.5) is 0 Å². The number of rotatable bonds is 12. The van der Waals surface area contributed by atoms with E-state index in [1.165, 1.54) is 44.9 Å². The number of amides is 1. The lowest BCUT2D eigenvalue weighted by atomic mass is 10.1. The van der Waals surface area contributed by atoms with Crippen molar-refractivity contribution in [2.45, 2.75) is 96.9 Å². The second-order valence-electron chi connectivity index (χ2n) is 6.58. The van der Waals surface area contributed by atoms with Gasteiger partial charge in [-0.3, -0.25) is 4.79 Å². The van der Waals surface area contributed by atoms with E-state index in [-0.39, 0.29) is 17.9 Å². The zero-order valence-corrected chi connectivity index (χ0v) is 15.1. The van der Waals surface area contributed by atoms with E-state index in [4.69, 9.17) is 4.74 Å². The van der Waals surface area contributed by atoms with Gasteiger partial charge in [0.25, 0.3) is 0 Å². The van der Waals surface area contributed by atoms with Gasteiger partial charge in [-0.05, 0) is 26.2 Å². The molecular weight excluding hydrogens is 290 g/mol. The third-order valence-corrected chi connectivity index (χ3v) is 4.63. The number of nitrogens with zero attached hydrogens (tertiary/aromatic N) is 1. The molecule has 0 spiro atoms. The van der Waals surface area contributed by atoms with E-state index in [1.54, 1.807) is 11.8 Å². The summed E-state index contributed by atoms with van der Waals surface area (Å²) in [6.45, 7) is 5.14. The highest BCUT2D eigenvalue weighted by Crippen LogP contribution is 2.20. The quantitative estimate of drug-likeness (QED) is 0.393. The zero-order chi connectivity index (χ0) is 16.9. The van der Waals surface area contributed by atoms with Crippen LogP contribution in [0.5, 0.6) is 0 Å². The molecule has 0 aromatic heterocycles. The van der Waals surface area contributed by atoms with E-state index in [1.807, 2.05) is 0 Å². The molecule has 1 unspecified atom stereocenters. The molecule has 1 heterocycles. The van der Waals surface area contributed by atoms with Crippen molar-refractivity contribution in [3.05, 3.63) is 0 Å². The molecule has 1 saturated heterocycles. The number of likely N-dealkylation sites (tertiary alicyclic amines) is 1. The van der Waals surface area contributed by atoms with Gasteiger partial charge >= 0.3 is 5.97 Å². The number of hydrogen-bond donors (Lipinski definition) is 0. The zero-order valence-electron chi connectivity index (χ0n) is 15.1. The topological polar surface area (TPSA) is 46.6 Å². The summed E-state index contributed by atoms with van der Waals surface area (Å²) in [6.07, 6.45) is 13.5. The normalized spacial score (nSPS) is 17.5. The maximum absolute atomic E-state index is 12.3. The van der Waals surface area contributed by atoms with E-state index in [0.29, 0.717) is 19.6 Å². The summed E-state index contributed by atoms with van der Waals surface area (Å²) in [6, 6.07) is -0.332. The monoisotopic (exact) mass is 325 g/mol. The lowest BCUT2D eigenvalue weighted by Gasteiger charge is -2.23. The van der Waals surface area contributed by atoms with E-state index in [0.717, 1.165) is 25.7 Å². The van der Waals surface area contributed by atoms with Crippen molar-refractivity contribution in [3.63, 3.8) is 0 Å². The summed E-state index contributed by atoms with van der Waals surface area (Å²) < 4.78 is 5.07. The van der Waals surface area contributed by atoms with Crippen LogP contribution in [0, 0.1) is 0 Å². The summed E-state index contributed by atoms with van der Waals surface area (Å²) in [4.78, 5) is 25.9. The van der Waals surface area contributed by atoms with Gasteiger partial charge in [0, 0.05) is 13.0 Å². The molecule has 0 aliphatic carbocycles. The highest BCUT2D eigenvalue weighted by Gasteiger charge is 2.34. The van der Waals surface area contributed by atoms with Crippen LogP contribution < -0.4 is 0 Å². The van der Waals surface area contributed by atoms with Crippen molar-refractivity contribution in [2.24, 2.45) is 0 Å². The van der Waals surface area contributed by atoms with Gasteiger partial charge in [-0.25, -0.2) is 4.79 Å². The Morgan fingerprint density at radius 1 is 0.957 bits per heavy atom.